The Morgan fingerprint density at radius 2 is 2.23 bits per heavy atom. The average Bonchev–Trinajstić information content (AvgIpc) is 2.11. The molecule has 0 aliphatic heterocycles. The first-order chi connectivity index (χ1) is 6.19. The number of hydrogen-bond donors (Lipinski definition) is 3. The third kappa shape index (κ3) is 2.66. The van der Waals surface area contributed by atoms with Gasteiger partial charge in [0.2, 0.25) is 0 Å². The number of hydrogen-bond acceptors (Lipinski definition) is 3. The van der Waals surface area contributed by atoms with Crippen molar-refractivity contribution in [1.82, 2.24) is 5.32 Å². The largest absolute Gasteiger partial charge is 0.396 e. The fourth-order valence-electron chi connectivity index (χ4n) is 1.32. The van der Waals surface area contributed by atoms with Crippen molar-refractivity contribution in [3.8, 4) is 0 Å². The predicted octanol–water partition coefficient (Wildman–Crippen LogP) is 0.204. The maximum Gasteiger partial charge on any atom is 0.0938 e. The van der Waals surface area contributed by atoms with Gasteiger partial charge in [0.25, 0.3) is 0 Å². The van der Waals surface area contributed by atoms with Crippen LogP contribution in [0.15, 0.2) is 24.3 Å². The van der Waals surface area contributed by atoms with Crippen LogP contribution in [-0.2, 0) is 0 Å². The Hall–Kier alpha value is -0.640. The topological polar surface area (TPSA) is 52.5 Å². The van der Waals surface area contributed by atoms with Gasteiger partial charge in [-0.3, -0.25) is 0 Å². The van der Waals surface area contributed by atoms with Crippen molar-refractivity contribution in [2.24, 2.45) is 0 Å². The summed E-state index contributed by atoms with van der Waals surface area (Å²) in [6.07, 6.45) is 7.66. The highest BCUT2D eigenvalue weighted by molar-refractivity contribution is 5.24. The lowest BCUT2D eigenvalue weighted by Gasteiger charge is -2.32. The number of nitrogens with one attached hydrogen (secondary N) is 1. The van der Waals surface area contributed by atoms with Gasteiger partial charge in [-0.05, 0) is 19.9 Å². The zero-order valence-corrected chi connectivity index (χ0v) is 7.90. The van der Waals surface area contributed by atoms with Crippen LogP contribution in [0.1, 0.15) is 13.3 Å². The molecule has 0 aromatic heterocycles. The lowest BCUT2D eigenvalue weighted by atomic mass is 9.90. The number of aliphatic hydroxyl groups is 2. The van der Waals surface area contributed by atoms with Crippen LogP contribution in [-0.4, -0.2) is 35.0 Å². The summed E-state index contributed by atoms with van der Waals surface area (Å²) in [5, 5.41) is 21.5. The molecule has 0 saturated heterocycles. The van der Waals surface area contributed by atoms with Crippen molar-refractivity contribution >= 4 is 0 Å². The second-order valence-electron chi connectivity index (χ2n) is 3.48. The van der Waals surface area contributed by atoms with Crippen molar-refractivity contribution in [2.45, 2.75) is 25.0 Å². The summed E-state index contributed by atoms with van der Waals surface area (Å²) in [5.41, 5.74) is -0.385. The first kappa shape index (κ1) is 10.4. The molecular weight excluding hydrogens is 166 g/mol. The van der Waals surface area contributed by atoms with Gasteiger partial charge in [-0.1, -0.05) is 24.3 Å². The van der Waals surface area contributed by atoms with E-state index in [-0.39, 0.29) is 12.1 Å². The zero-order chi connectivity index (χ0) is 9.73. The third-order valence-corrected chi connectivity index (χ3v) is 2.30. The Kier molecular flexibility index (Phi) is 3.66. The second kappa shape index (κ2) is 4.56. The first-order valence-electron chi connectivity index (χ1n) is 4.59. The van der Waals surface area contributed by atoms with E-state index in [0.717, 1.165) is 0 Å². The normalized spacial score (nSPS) is 32.4. The lowest BCUT2D eigenvalue weighted by molar-refractivity contribution is 0.135. The number of rotatable bonds is 4. The van der Waals surface area contributed by atoms with Crippen molar-refractivity contribution in [2.75, 3.05) is 13.2 Å². The summed E-state index contributed by atoms with van der Waals surface area (Å²) in [4.78, 5) is 0. The standard InChI is InChI=1S/C10H17NO2/c1-10(11-7-4-8-12)6-3-2-5-9(10)13/h2-3,5-6,9,11-13H,4,7-8H2,1H3. The van der Waals surface area contributed by atoms with E-state index in [0.29, 0.717) is 13.0 Å². The van der Waals surface area contributed by atoms with E-state index in [1.165, 1.54) is 0 Å². The average molecular weight is 183 g/mol. The molecule has 0 spiro atoms. The second-order valence-corrected chi connectivity index (χ2v) is 3.48. The molecule has 0 aromatic rings. The van der Waals surface area contributed by atoms with Crippen LogP contribution in [0, 0.1) is 0 Å². The van der Waals surface area contributed by atoms with Gasteiger partial charge < -0.3 is 15.5 Å². The minimum atomic E-state index is -0.490. The van der Waals surface area contributed by atoms with Crippen LogP contribution in [0.3, 0.4) is 0 Å². The van der Waals surface area contributed by atoms with E-state index in [1.54, 1.807) is 6.08 Å². The molecule has 3 N–H and O–H groups in total. The van der Waals surface area contributed by atoms with Gasteiger partial charge in [-0.15, -0.1) is 0 Å². The van der Waals surface area contributed by atoms with Gasteiger partial charge in [0.1, 0.15) is 0 Å². The van der Waals surface area contributed by atoms with E-state index in [4.69, 9.17) is 5.11 Å². The van der Waals surface area contributed by atoms with Crippen molar-refractivity contribution in [3.05, 3.63) is 24.3 Å². The molecule has 0 fully saturated rings. The maximum absolute atomic E-state index is 9.66. The number of aliphatic hydroxyl groups excluding tert-OH is 2. The van der Waals surface area contributed by atoms with Crippen LogP contribution in [0.4, 0.5) is 0 Å². The SMILES string of the molecule is CC1(NCCCO)C=CC=CC1O. The molecule has 0 aromatic carbocycles. The Morgan fingerprint density at radius 3 is 2.85 bits per heavy atom. The van der Waals surface area contributed by atoms with Crippen molar-refractivity contribution in [1.29, 1.82) is 0 Å². The van der Waals surface area contributed by atoms with Crippen LogP contribution in [0.5, 0.6) is 0 Å². The van der Waals surface area contributed by atoms with Crippen LogP contribution in [0.2, 0.25) is 0 Å². The quantitative estimate of drug-likeness (QED) is 0.546. The van der Waals surface area contributed by atoms with Crippen LogP contribution >= 0.6 is 0 Å². The maximum atomic E-state index is 9.66. The molecule has 0 bridgehead atoms. The summed E-state index contributed by atoms with van der Waals surface area (Å²) >= 11 is 0. The van der Waals surface area contributed by atoms with Gasteiger partial charge in [0.15, 0.2) is 0 Å². The minimum Gasteiger partial charge on any atom is -0.396 e. The first-order valence-corrected chi connectivity index (χ1v) is 4.59. The molecule has 3 nitrogen and oxygen atoms in total. The van der Waals surface area contributed by atoms with Crippen molar-refractivity contribution in [3.63, 3.8) is 0 Å². The smallest absolute Gasteiger partial charge is 0.0938 e. The highest BCUT2D eigenvalue weighted by Gasteiger charge is 2.28. The summed E-state index contributed by atoms with van der Waals surface area (Å²) < 4.78 is 0. The molecule has 3 heteroatoms. The van der Waals surface area contributed by atoms with Gasteiger partial charge >= 0.3 is 0 Å². The molecule has 1 aliphatic carbocycles. The van der Waals surface area contributed by atoms with Crippen LogP contribution < -0.4 is 5.32 Å². The lowest BCUT2D eigenvalue weighted by Crippen LogP contribution is -2.50. The molecule has 2 unspecified atom stereocenters. The van der Waals surface area contributed by atoms with Crippen LogP contribution in [0.25, 0.3) is 0 Å². The molecule has 0 amide bonds. The van der Waals surface area contributed by atoms with E-state index in [2.05, 4.69) is 5.32 Å². The Morgan fingerprint density at radius 1 is 1.46 bits per heavy atom. The summed E-state index contributed by atoms with van der Waals surface area (Å²) in [5.74, 6) is 0. The van der Waals surface area contributed by atoms with Gasteiger partial charge in [0.05, 0.1) is 11.6 Å². The van der Waals surface area contributed by atoms with E-state index in [1.807, 2.05) is 25.2 Å². The molecule has 0 saturated carbocycles. The molecule has 2 atom stereocenters. The number of allylic oxidation sites excluding steroid dienone is 2. The van der Waals surface area contributed by atoms with E-state index < -0.39 is 6.10 Å². The van der Waals surface area contributed by atoms with Gasteiger partial charge in [-0.25, -0.2) is 0 Å². The molecule has 0 heterocycles. The summed E-state index contributed by atoms with van der Waals surface area (Å²) in [7, 11) is 0. The van der Waals surface area contributed by atoms with E-state index >= 15 is 0 Å². The molecule has 0 radical (unpaired) electrons. The predicted molar refractivity (Wildman–Crippen MR) is 52.4 cm³/mol. The molecule has 74 valence electrons. The monoisotopic (exact) mass is 183 g/mol. The molecule has 1 rings (SSSR count). The van der Waals surface area contributed by atoms with Gasteiger partial charge in [0, 0.05) is 6.61 Å². The summed E-state index contributed by atoms with van der Waals surface area (Å²) in [6, 6.07) is 0. The third-order valence-electron chi connectivity index (χ3n) is 2.30. The summed E-state index contributed by atoms with van der Waals surface area (Å²) in [6.45, 7) is 2.83. The Bertz CT molecular complexity index is 213. The zero-order valence-electron chi connectivity index (χ0n) is 7.90. The van der Waals surface area contributed by atoms with E-state index in [9.17, 15) is 5.11 Å². The Balaban J connectivity index is 2.45. The highest BCUT2D eigenvalue weighted by atomic mass is 16.3. The molecular formula is C10H17NO2. The minimum absolute atomic E-state index is 0.179. The fourth-order valence-corrected chi connectivity index (χ4v) is 1.32. The molecule has 1 aliphatic rings. The van der Waals surface area contributed by atoms with Gasteiger partial charge in [-0.2, -0.15) is 0 Å². The molecule has 13 heavy (non-hydrogen) atoms. The van der Waals surface area contributed by atoms with Crippen molar-refractivity contribution < 1.29 is 10.2 Å². The fraction of sp³-hybridized carbons (Fsp3) is 0.600. The Labute approximate surface area is 78.8 Å². The highest BCUT2D eigenvalue weighted by Crippen LogP contribution is 2.17.